The molecule has 2 N–H and O–H groups in total. The van der Waals surface area contributed by atoms with Crippen molar-refractivity contribution in [3.05, 3.63) is 83.0 Å². The maximum atomic E-state index is 12.8. The number of carboxylic acids is 1. The summed E-state index contributed by atoms with van der Waals surface area (Å²) >= 11 is 0. The first-order valence-electron chi connectivity index (χ1n) is 8.90. The van der Waals surface area contributed by atoms with Gasteiger partial charge in [0.15, 0.2) is 0 Å². The lowest BCUT2D eigenvalue weighted by Gasteiger charge is -2.13. The summed E-state index contributed by atoms with van der Waals surface area (Å²) in [6, 6.07) is 12.4. The number of carboxylic acid groups (broad SMARTS) is 1. The molecule has 30 heavy (non-hydrogen) atoms. The van der Waals surface area contributed by atoms with Gasteiger partial charge in [-0.1, -0.05) is 24.3 Å². The molecule has 2 aromatic carbocycles. The minimum absolute atomic E-state index is 0.129. The molecular formula is C22H17F3N2O3. The summed E-state index contributed by atoms with van der Waals surface area (Å²) in [5.74, 6) is -1.44. The van der Waals surface area contributed by atoms with Crippen LogP contribution in [0.25, 0.3) is 11.3 Å². The van der Waals surface area contributed by atoms with E-state index in [4.69, 9.17) is 5.11 Å². The molecule has 1 aromatic heterocycles. The first-order valence-corrected chi connectivity index (χ1v) is 8.90. The lowest BCUT2D eigenvalue weighted by molar-refractivity contribution is -0.138. The number of carbonyl (C=O) groups excluding carboxylic acids is 1. The summed E-state index contributed by atoms with van der Waals surface area (Å²) < 4.78 is 38.4. The van der Waals surface area contributed by atoms with E-state index in [1.54, 1.807) is 31.2 Å². The number of anilines is 1. The normalized spacial score (nSPS) is 11.2. The van der Waals surface area contributed by atoms with Crippen LogP contribution in [0.3, 0.4) is 0 Å². The van der Waals surface area contributed by atoms with E-state index in [1.807, 2.05) is 0 Å². The molecule has 3 rings (SSSR count). The Morgan fingerprint density at radius 3 is 2.37 bits per heavy atom. The van der Waals surface area contributed by atoms with Gasteiger partial charge in [0.05, 0.1) is 23.2 Å². The fourth-order valence-corrected chi connectivity index (χ4v) is 2.98. The quantitative estimate of drug-likeness (QED) is 0.619. The number of nitrogens with zero attached hydrogens (tertiary/aromatic N) is 1. The molecule has 0 aliphatic carbocycles. The van der Waals surface area contributed by atoms with Crippen molar-refractivity contribution >= 4 is 17.6 Å². The molecule has 1 heterocycles. The van der Waals surface area contributed by atoms with E-state index < -0.39 is 23.6 Å². The van der Waals surface area contributed by atoms with Crippen LogP contribution < -0.4 is 5.32 Å². The largest absolute Gasteiger partial charge is 0.481 e. The van der Waals surface area contributed by atoms with Crippen LogP contribution in [0.5, 0.6) is 0 Å². The second kappa shape index (κ2) is 8.36. The minimum atomic E-state index is -4.45. The first kappa shape index (κ1) is 21.0. The van der Waals surface area contributed by atoms with Gasteiger partial charge in [0.1, 0.15) is 0 Å². The zero-order chi connectivity index (χ0) is 21.9. The van der Waals surface area contributed by atoms with Gasteiger partial charge in [-0.15, -0.1) is 0 Å². The van der Waals surface area contributed by atoms with E-state index in [-0.39, 0.29) is 17.7 Å². The van der Waals surface area contributed by atoms with Crippen LogP contribution in [0, 0.1) is 6.92 Å². The van der Waals surface area contributed by atoms with Crippen molar-refractivity contribution in [1.82, 2.24) is 4.98 Å². The highest BCUT2D eigenvalue weighted by Crippen LogP contribution is 2.31. The van der Waals surface area contributed by atoms with Crippen molar-refractivity contribution in [1.29, 1.82) is 0 Å². The summed E-state index contributed by atoms with van der Waals surface area (Å²) in [6.07, 6.45) is -3.13. The van der Waals surface area contributed by atoms with E-state index in [9.17, 15) is 22.8 Å². The zero-order valence-electron chi connectivity index (χ0n) is 15.8. The second-order valence-corrected chi connectivity index (χ2v) is 6.65. The molecule has 0 atom stereocenters. The van der Waals surface area contributed by atoms with Crippen LogP contribution in [-0.2, 0) is 17.4 Å². The van der Waals surface area contributed by atoms with Gasteiger partial charge in [-0.2, -0.15) is 13.2 Å². The Bertz CT molecular complexity index is 1090. The maximum Gasteiger partial charge on any atom is 0.416 e. The number of aryl methyl sites for hydroxylation is 1. The van der Waals surface area contributed by atoms with Crippen molar-refractivity contribution in [2.24, 2.45) is 0 Å². The van der Waals surface area contributed by atoms with Gasteiger partial charge in [0, 0.05) is 17.4 Å². The Labute approximate surface area is 170 Å². The van der Waals surface area contributed by atoms with Gasteiger partial charge in [-0.05, 0) is 48.4 Å². The van der Waals surface area contributed by atoms with Crippen molar-refractivity contribution in [2.45, 2.75) is 19.5 Å². The summed E-state index contributed by atoms with van der Waals surface area (Å²) in [6.45, 7) is 1.74. The molecule has 0 saturated carbocycles. The predicted octanol–water partition coefficient (Wildman–Crippen LogP) is 4.96. The van der Waals surface area contributed by atoms with Gasteiger partial charge in [0.25, 0.3) is 5.91 Å². The number of hydrogen-bond donors (Lipinski definition) is 2. The molecule has 8 heteroatoms. The monoisotopic (exact) mass is 414 g/mol. The molecular weight excluding hydrogens is 397 g/mol. The van der Waals surface area contributed by atoms with Crippen LogP contribution in [0.1, 0.15) is 27.0 Å². The van der Waals surface area contributed by atoms with Crippen LogP contribution in [0.15, 0.2) is 60.8 Å². The number of rotatable bonds is 5. The van der Waals surface area contributed by atoms with E-state index >= 15 is 0 Å². The molecule has 0 saturated heterocycles. The van der Waals surface area contributed by atoms with Gasteiger partial charge >= 0.3 is 12.1 Å². The fourth-order valence-electron chi connectivity index (χ4n) is 2.98. The zero-order valence-corrected chi connectivity index (χ0v) is 15.8. The van der Waals surface area contributed by atoms with Crippen LogP contribution in [-0.4, -0.2) is 22.0 Å². The molecule has 5 nitrogen and oxygen atoms in total. The van der Waals surface area contributed by atoms with E-state index in [2.05, 4.69) is 10.3 Å². The number of nitrogens with one attached hydrogen (secondary N) is 1. The molecule has 154 valence electrons. The number of aromatic nitrogens is 1. The molecule has 0 unspecified atom stereocenters. The molecule has 0 radical (unpaired) electrons. The van der Waals surface area contributed by atoms with Gasteiger partial charge < -0.3 is 10.4 Å². The Balaban J connectivity index is 1.87. The minimum Gasteiger partial charge on any atom is -0.481 e. The van der Waals surface area contributed by atoms with Crippen molar-refractivity contribution in [3.8, 4) is 11.3 Å². The molecule has 0 aliphatic rings. The predicted molar refractivity (Wildman–Crippen MR) is 105 cm³/mol. The highest BCUT2D eigenvalue weighted by atomic mass is 19.4. The third-order valence-electron chi connectivity index (χ3n) is 4.43. The molecule has 0 spiro atoms. The number of aliphatic carboxylic acids is 1. The molecule has 3 aromatic rings. The SMILES string of the molecule is Cc1cc(CC(=O)O)ccc1NC(=O)c1cccnc1-c1ccc(C(F)(F)F)cc1. The number of benzene rings is 2. The van der Waals surface area contributed by atoms with Gasteiger partial charge in [-0.25, -0.2) is 0 Å². The fraction of sp³-hybridized carbons (Fsp3) is 0.136. The Morgan fingerprint density at radius 2 is 1.77 bits per heavy atom. The number of carbonyl (C=O) groups is 2. The van der Waals surface area contributed by atoms with Crippen molar-refractivity contribution in [2.75, 3.05) is 5.32 Å². The molecule has 0 fully saturated rings. The summed E-state index contributed by atoms with van der Waals surface area (Å²) in [5.41, 5.74) is 1.82. The van der Waals surface area contributed by atoms with Gasteiger partial charge in [0.2, 0.25) is 0 Å². The van der Waals surface area contributed by atoms with Crippen LogP contribution in [0.4, 0.5) is 18.9 Å². The molecule has 0 aliphatic heterocycles. The van der Waals surface area contributed by atoms with Crippen LogP contribution in [0.2, 0.25) is 0 Å². The molecule has 1 amide bonds. The lowest BCUT2D eigenvalue weighted by atomic mass is 10.0. The van der Waals surface area contributed by atoms with E-state index in [1.165, 1.54) is 24.4 Å². The Hall–Kier alpha value is -3.68. The summed E-state index contributed by atoms with van der Waals surface area (Å²) in [7, 11) is 0. The average molecular weight is 414 g/mol. The maximum absolute atomic E-state index is 12.8. The number of hydrogen-bond acceptors (Lipinski definition) is 3. The summed E-state index contributed by atoms with van der Waals surface area (Å²) in [5, 5.41) is 11.6. The van der Waals surface area contributed by atoms with Crippen molar-refractivity contribution < 1.29 is 27.9 Å². The van der Waals surface area contributed by atoms with E-state index in [0.29, 0.717) is 22.4 Å². The van der Waals surface area contributed by atoms with Crippen LogP contribution >= 0.6 is 0 Å². The number of alkyl halides is 3. The third kappa shape index (κ3) is 4.83. The smallest absolute Gasteiger partial charge is 0.416 e. The van der Waals surface area contributed by atoms with E-state index in [0.717, 1.165) is 12.1 Å². The Kier molecular flexibility index (Phi) is 5.86. The highest BCUT2D eigenvalue weighted by Gasteiger charge is 2.30. The number of pyridine rings is 1. The topological polar surface area (TPSA) is 79.3 Å². The number of amides is 1. The summed E-state index contributed by atoms with van der Waals surface area (Å²) in [4.78, 5) is 27.8. The lowest BCUT2D eigenvalue weighted by Crippen LogP contribution is -2.15. The molecule has 0 bridgehead atoms. The first-order chi connectivity index (χ1) is 14.1. The van der Waals surface area contributed by atoms with Crippen molar-refractivity contribution in [3.63, 3.8) is 0 Å². The van der Waals surface area contributed by atoms with Gasteiger partial charge in [-0.3, -0.25) is 14.6 Å². The Morgan fingerprint density at radius 1 is 1.07 bits per heavy atom. The number of halogens is 3. The average Bonchev–Trinajstić information content (AvgIpc) is 2.69. The third-order valence-corrected chi connectivity index (χ3v) is 4.43. The highest BCUT2D eigenvalue weighted by molar-refractivity contribution is 6.08. The standard InChI is InChI=1S/C22H17F3N2O3/c1-13-11-14(12-19(28)29)4-9-18(13)27-21(30)17-3-2-10-26-20(17)15-5-7-16(8-6-15)22(23,24)25/h2-11H,12H2,1H3,(H,27,30)(H,28,29). The second-order valence-electron chi connectivity index (χ2n) is 6.65.